The molecule has 0 bridgehead atoms. The van der Waals surface area contributed by atoms with Gasteiger partial charge in [0.05, 0.1) is 18.6 Å². The molecule has 0 aliphatic carbocycles. The molecule has 14 N–H and O–H groups in total. The van der Waals surface area contributed by atoms with Gasteiger partial charge in [-0.3, -0.25) is 43.2 Å². The Morgan fingerprint density at radius 3 is 1.72 bits per heavy atom. The highest BCUT2D eigenvalue weighted by Gasteiger charge is 2.42. The lowest BCUT2D eigenvalue weighted by atomic mass is 9.96. The molecule has 12 atom stereocenters. The number of aliphatic hydroxyl groups excluding tert-OH is 1. The average Bonchev–Trinajstić information content (AvgIpc) is 3.84. The van der Waals surface area contributed by atoms with Gasteiger partial charge in [0.25, 0.3) is 0 Å². The third-order valence-electron chi connectivity index (χ3n) is 13.3. The largest absolute Gasteiger partial charge is 0.481 e. The minimum Gasteiger partial charge on any atom is -0.481 e. The molecule has 1 aromatic carbocycles. The van der Waals surface area contributed by atoms with E-state index < -0.39 is 144 Å². The summed E-state index contributed by atoms with van der Waals surface area (Å²) < 4.78 is 0. The van der Waals surface area contributed by atoms with Crippen LogP contribution in [-0.4, -0.2) is 153 Å². The second-order valence-electron chi connectivity index (χ2n) is 20.2. The number of likely N-dealkylation sites (tertiary alicyclic amines) is 1. The zero-order valence-corrected chi connectivity index (χ0v) is 44.5. The SMILES string of the molecule is CC[C@H](C)[C@H](NC(=O)[C@@H](NC(=O)[C@H](Cc1ccccc1)NC(=O)[C@@H]1CCCN1C(=O)[C@@H](NC(=O)[C@H](CC(=O)O)NC(=O)[C@H](CC(C)C)NC(=O)[C@@H](NC(=O)[C@@H](N)CCCCN)[C@@H](C)CC)C(C)C)[C@@H](C)O)C(=O)O. The summed E-state index contributed by atoms with van der Waals surface area (Å²) in [4.78, 5) is 136. The molecule has 0 saturated carbocycles. The third kappa shape index (κ3) is 20.3. The first-order chi connectivity index (χ1) is 34.8. The van der Waals surface area contributed by atoms with Crippen LogP contribution in [0.1, 0.15) is 126 Å². The van der Waals surface area contributed by atoms with Crippen LogP contribution in [0.5, 0.6) is 0 Å². The molecular formula is C51H84N10O13. The number of carboxylic acids is 2. The number of nitrogens with one attached hydrogen (secondary N) is 7. The van der Waals surface area contributed by atoms with E-state index in [1.807, 2.05) is 6.92 Å². The number of carbonyl (C=O) groups excluding carboxylic acids is 8. The number of nitrogens with two attached hydrogens (primary N) is 2. The molecular weight excluding hydrogens is 961 g/mol. The van der Waals surface area contributed by atoms with Gasteiger partial charge in [0, 0.05) is 13.0 Å². The van der Waals surface area contributed by atoms with Crippen LogP contribution in [0, 0.1) is 23.7 Å². The van der Waals surface area contributed by atoms with Gasteiger partial charge in [-0.15, -0.1) is 0 Å². The van der Waals surface area contributed by atoms with Crippen molar-refractivity contribution >= 4 is 59.2 Å². The Morgan fingerprint density at radius 2 is 1.18 bits per heavy atom. The number of aliphatic hydroxyl groups is 1. The molecule has 74 heavy (non-hydrogen) atoms. The molecule has 2 rings (SSSR count). The zero-order valence-electron chi connectivity index (χ0n) is 44.5. The van der Waals surface area contributed by atoms with Crippen LogP contribution in [0.25, 0.3) is 0 Å². The van der Waals surface area contributed by atoms with E-state index in [2.05, 4.69) is 37.2 Å². The highest BCUT2D eigenvalue weighted by atomic mass is 16.4. The van der Waals surface area contributed by atoms with Gasteiger partial charge < -0.3 is 68.9 Å². The molecule has 1 fully saturated rings. The van der Waals surface area contributed by atoms with Gasteiger partial charge in [-0.05, 0) is 74.8 Å². The fourth-order valence-electron chi connectivity index (χ4n) is 8.38. The van der Waals surface area contributed by atoms with Crippen molar-refractivity contribution in [1.29, 1.82) is 0 Å². The summed E-state index contributed by atoms with van der Waals surface area (Å²) in [5, 5.41) is 48.2. The van der Waals surface area contributed by atoms with Crippen molar-refractivity contribution in [3.63, 3.8) is 0 Å². The molecule has 416 valence electrons. The number of carbonyl (C=O) groups is 10. The van der Waals surface area contributed by atoms with Gasteiger partial charge in [0.2, 0.25) is 47.3 Å². The molecule has 1 aliphatic heterocycles. The number of nitrogens with zero attached hydrogens (tertiary/aromatic N) is 1. The maximum atomic E-state index is 14.4. The van der Waals surface area contributed by atoms with Crippen molar-refractivity contribution in [2.75, 3.05) is 13.1 Å². The Morgan fingerprint density at radius 1 is 0.649 bits per heavy atom. The van der Waals surface area contributed by atoms with E-state index in [0.29, 0.717) is 50.6 Å². The van der Waals surface area contributed by atoms with Crippen LogP contribution in [0.15, 0.2) is 30.3 Å². The third-order valence-corrected chi connectivity index (χ3v) is 13.3. The molecule has 1 aromatic rings. The predicted molar refractivity (Wildman–Crippen MR) is 274 cm³/mol. The Kier molecular flexibility index (Phi) is 27.2. The smallest absolute Gasteiger partial charge is 0.326 e. The maximum absolute atomic E-state index is 14.4. The van der Waals surface area contributed by atoms with Crippen molar-refractivity contribution in [3.8, 4) is 0 Å². The summed E-state index contributed by atoms with van der Waals surface area (Å²) in [7, 11) is 0. The summed E-state index contributed by atoms with van der Waals surface area (Å²) in [6.07, 6.45) is 0.509. The summed E-state index contributed by atoms with van der Waals surface area (Å²) in [6, 6.07) is -3.31. The van der Waals surface area contributed by atoms with Crippen molar-refractivity contribution < 1.29 is 63.3 Å². The van der Waals surface area contributed by atoms with Crippen molar-refractivity contribution in [1.82, 2.24) is 42.1 Å². The van der Waals surface area contributed by atoms with Crippen molar-refractivity contribution in [2.45, 2.75) is 187 Å². The first-order valence-electron chi connectivity index (χ1n) is 25.8. The van der Waals surface area contributed by atoms with E-state index in [4.69, 9.17) is 11.5 Å². The molecule has 23 nitrogen and oxygen atoms in total. The standard InChI is InChI=1S/C51H84N10O13/c1-10-29(7)40(58-43(65)33(53)20-15-16-22-52)48(70)56-34(24-27(3)4)44(66)54-36(26-38(63)64)46(68)57-39(28(5)6)50(72)61-23-17-21-37(61)47(69)55-35(25-32-18-13-12-14-19-32)45(67)60-42(31(9)62)49(71)59-41(51(73)74)30(8)11-2/h12-14,18-19,27-31,33-37,39-42,62H,10-11,15-17,20-26,52-53H2,1-9H3,(H,54,66)(H,55,69)(H,56,70)(H,57,68)(H,58,65)(H,59,71)(H,60,67)(H,63,64)(H,73,74)/t29-,30-,31+,33-,34-,35-,36-,37-,39-,40-,41-,42-/m0/s1. The normalized spacial score (nSPS) is 17.9. The summed E-state index contributed by atoms with van der Waals surface area (Å²) in [6.45, 7) is 15.5. The molecule has 1 saturated heterocycles. The molecule has 0 spiro atoms. The highest BCUT2D eigenvalue weighted by molar-refractivity contribution is 5.99. The van der Waals surface area contributed by atoms with Gasteiger partial charge in [0.1, 0.15) is 48.3 Å². The lowest BCUT2D eigenvalue weighted by molar-refractivity contribution is -0.145. The highest BCUT2D eigenvalue weighted by Crippen LogP contribution is 2.22. The van der Waals surface area contributed by atoms with Gasteiger partial charge in [0.15, 0.2) is 0 Å². The number of amides is 8. The summed E-state index contributed by atoms with van der Waals surface area (Å²) in [5.41, 5.74) is 12.3. The number of carboxylic acid groups (broad SMARTS) is 2. The second-order valence-corrected chi connectivity index (χ2v) is 20.2. The predicted octanol–water partition coefficient (Wildman–Crippen LogP) is -0.196. The van der Waals surface area contributed by atoms with Crippen LogP contribution in [0.4, 0.5) is 0 Å². The number of benzene rings is 1. The van der Waals surface area contributed by atoms with Crippen LogP contribution in [0.3, 0.4) is 0 Å². The van der Waals surface area contributed by atoms with Crippen LogP contribution < -0.4 is 48.7 Å². The maximum Gasteiger partial charge on any atom is 0.326 e. The molecule has 1 aliphatic rings. The van der Waals surface area contributed by atoms with E-state index in [1.165, 1.54) is 11.8 Å². The lowest BCUT2D eigenvalue weighted by Crippen LogP contribution is -2.62. The first-order valence-corrected chi connectivity index (χ1v) is 25.8. The number of rotatable bonds is 32. The van der Waals surface area contributed by atoms with Crippen LogP contribution in [-0.2, 0) is 54.4 Å². The van der Waals surface area contributed by atoms with E-state index in [9.17, 15) is 63.3 Å². The van der Waals surface area contributed by atoms with E-state index in [-0.39, 0.29) is 31.7 Å². The first kappa shape index (κ1) is 63.9. The summed E-state index contributed by atoms with van der Waals surface area (Å²) >= 11 is 0. The number of aliphatic carboxylic acids is 2. The van der Waals surface area contributed by atoms with E-state index in [0.717, 1.165) is 0 Å². The molecule has 1 heterocycles. The molecule has 0 radical (unpaired) electrons. The van der Waals surface area contributed by atoms with Gasteiger partial charge in [-0.2, -0.15) is 0 Å². The quantitative estimate of drug-likeness (QED) is 0.0416. The van der Waals surface area contributed by atoms with Crippen molar-refractivity contribution in [3.05, 3.63) is 35.9 Å². The number of hydrogen-bond acceptors (Lipinski definition) is 13. The monoisotopic (exact) mass is 1040 g/mol. The van der Waals surface area contributed by atoms with Gasteiger partial charge >= 0.3 is 11.9 Å². The minimum absolute atomic E-state index is 0.0558. The zero-order chi connectivity index (χ0) is 56.0. The summed E-state index contributed by atoms with van der Waals surface area (Å²) in [5.74, 6) is -11.0. The molecule has 0 unspecified atom stereocenters. The number of hydrogen-bond donors (Lipinski definition) is 12. The Bertz CT molecular complexity index is 2060. The average molecular weight is 1050 g/mol. The molecule has 23 heteroatoms. The fraction of sp³-hybridized carbons (Fsp3) is 0.686. The fourth-order valence-corrected chi connectivity index (χ4v) is 8.38. The van der Waals surface area contributed by atoms with E-state index >= 15 is 0 Å². The van der Waals surface area contributed by atoms with Crippen molar-refractivity contribution in [2.24, 2.45) is 35.1 Å². The Labute approximate surface area is 434 Å². The molecule has 8 amide bonds. The van der Waals surface area contributed by atoms with E-state index in [1.54, 1.807) is 78.8 Å². The minimum atomic E-state index is -1.75. The Balaban J connectivity index is 2.38. The lowest BCUT2D eigenvalue weighted by Gasteiger charge is -2.32. The Hall–Kier alpha value is -6.20. The van der Waals surface area contributed by atoms with Crippen LogP contribution in [0.2, 0.25) is 0 Å². The molecule has 0 aromatic heterocycles. The topological polar surface area (TPSA) is 371 Å². The van der Waals surface area contributed by atoms with Gasteiger partial charge in [-0.1, -0.05) is 105 Å². The van der Waals surface area contributed by atoms with Crippen LogP contribution >= 0.6 is 0 Å². The van der Waals surface area contributed by atoms with Gasteiger partial charge in [-0.25, -0.2) is 4.79 Å². The second kappa shape index (κ2) is 31.5. The number of unbranched alkanes of at least 4 members (excludes halogenated alkanes) is 1.